The zero-order valence-electron chi connectivity index (χ0n) is 21.3. The molecule has 2 heterocycles. The topological polar surface area (TPSA) is 84.7 Å². The highest BCUT2D eigenvalue weighted by molar-refractivity contribution is 6.00. The summed E-state index contributed by atoms with van der Waals surface area (Å²) >= 11 is 0. The van der Waals surface area contributed by atoms with Crippen LogP contribution in [0.15, 0.2) is 78.8 Å². The number of carbonyl (C=O) groups is 2. The number of fused-ring (bicyclic) bond motifs is 1. The first-order valence-corrected chi connectivity index (χ1v) is 12.0. The third kappa shape index (κ3) is 6.46. The lowest BCUT2D eigenvalue weighted by Crippen LogP contribution is -2.24. The van der Waals surface area contributed by atoms with Gasteiger partial charge in [-0.2, -0.15) is 13.2 Å². The van der Waals surface area contributed by atoms with E-state index in [1.165, 1.54) is 16.3 Å². The molecule has 3 aromatic carbocycles. The van der Waals surface area contributed by atoms with Crippen molar-refractivity contribution in [2.75, 3.05) is 13.7 Å². The Hall–Kier alpha value is -4.60. The Labute approximate surface area is 222 Å². The summed E-state index contributed by atoms with van der Waals surface area (Å²) in [4.78, 5) is 28.2. The molecule has 10 heteroatoms. The molecular weight excluding hydrogens is 511 g/mol. The average Bonchev–Trinajstić information content (AvgIpc) is 3.49. The number of ether oxygens (including phenoxy) is 1. The molecule has 0 radical (unpaired) electrons. The van der Waals surface area contributed by atoms with E-state index in [2.05, 4.69) is 35.3 Å². The van der Waals surface area contributed by atoms with Gasteiger partial charge >= 0.3 is 12.1 Å². The SMILES string of the molecule is COc1cc(/C=C2\CCN(Cc3cccc4ccccc34)C2=O)ccc1-n1cnc(C)c1.O=C(O)C(F)(F)F. The minimum absolute atomic E-state index is 0.103. The van der Waals surface area contributed by atoms with E-state index in [0.29, 0.717) is 6.54 Å². The number of amides is 1. The van der Waals surface area contributed by atoms with Gasteiger partial charge in [-0.15, -0.1) is 0 Å². The Bertz CT molecular complexity index is 1540. The summed E-state index contributed by atoms with van der Waals surface area (Å²) in [5, 5.41) is 9.53. The number of hydrogen-bond donors (Lipinski definition) is 1. The van der Waals surface area contributed by atoms with E-state index in [1.807, 2.05) is 59.0 Å². The van der Waals surface area contributed by atoms with Gasteiger partial charge in [0, 0.05) is 24.9 Å². The molecule has 0 atom stereocenters. The van der Waals surface area contributed by atoms with Crippen molar-refractivity contribution in [1.82, 2.24) is 14.5 Å². The number of benzene rings is 3. The first-order chi connectivity index (χ1) is 18.6. The number of rotatable bonds is 5. The van der Waals surface area contributed by atoms with Gasteiger partial charge in [-0.05, 0) is 53.5 Å². The fourth-order valence-corrected chi connectivity index (χ4v) is 4.34. The maximum absolute atomic E-state index is 13.1. The molecule has 1 saturated heterocycles. The fraction of sp³-hybridized carbons (Fsp3) is 0.207. The molecule has 1 amide bonds. The van der Waals surface area contributed by atoms with Crippen molar-refractivity contribution in [1.29, 1.82) is 0 Å². The summed E-state index contributed by atoms with van der Waals surface area (Å²) in [6.45, 7) is 3.31. The fourth-order valence-electron chi connectivity index (χ4n) is 4.34. The number of aryl methyl sites for hydroxylation is 1. The second-order valence-corrected chi connectivity index (χ2v) is 8.94. The van der Waals surface area contributed by atoms with E-state index < -0.39 is 12.1 Å². The van der Waals surface area contributed by atoms with Crippen molar-refractivity contribution in [3.8, 4) is 11.4 Å². The van der Waals surface area contributed by atoms with Crippen molar-refractivity contribution >= 4 is 28.7 Å². The molecule has 0 aliphatic carbocycles. The highest BCUT2D eigenvalue weighted by Crippen LogP contribution is 2.29. The molecule has 7 nitrogen and oxygen atoms in total. The Morgan fingerprint density at radius 1 is 1.13 bits per heavy atom. The molecule has 4 aromatic rings. The summed E-state index contributed by atoms with van der Waals surface area (Å²) in [7, 11) is 1.66. The molecule has 0 spiro atoms. The van der Waals surface area contributed by atoms with Gasteiger partial charge in [0.2, 0.25) is 5.91 Å². The molecule has 5 rings (SSSR count). The van der Waals surface area contributed by atoms with E-state index in [4.69, 9.17) is 14.6 Å². The Kier molecular flexibility index (Phi) is 8.04. The largest absolute Gasteiger partial charge is 0.495 e. The normalized spacial score (nSPS) is 14.4. The summed E-state index contributed by atoms with van der Waals surface area (Å²) in [6.07, 6.45) is 1.38. The number of halogens is 3. The minimum Gasteiger partial charge on any atom is -0.495 e. The molecule has 202 valence electrons. The highest BCUT2D eigenvalue weighted by atomic mass is 19.4. The van der Waals surface area contributed by atoms with Crippen LogP contribution in [-0.2, 0) is 16.1 Å². The standard InChI is InChI=1S/C27H25N3O2.C2HF3O2/c1-19-16-30(18-28-19)25-11-10-20(15-26(25)32-2)14-22-12-13-29(27(22)31)17-23-8-5-7-21-6-3-4-9-24(21)23;3-2(4,5)1(6)7/h3-11,14-16,18H,12-13,17H2,1-2H3;(H,6,7)/b22-14+;. The Morgan fingerprint density at radius 2 is 1.85 bits per heavy atom. The zero-order chi connectivity index (χ0) is 28.2. The summed E-state index contributed by atoms with van der Waals surface area (Å²) in [6, 6.07) is 20.6. The lowest BCUT2D eigenvalue weighted by atomic mass is 10.0. The van der Waals surface area contributed by atoms with Gasteiger partial charge in [0.25, 0.3) is 0 Å². The van der Waals surface area contributed by atoms with Crippen molar-refractivity contribution in [2.45, 2.75) is 26.1 Å². The second-order valence-electron chi connectivity index (χ2n) is 8.94. The number of carbonyl (C=O) groups excluding carboxylic acids is 1. The summed E-state index contributed by atoms with van der Waals surface area (Å²) < 4.78 is 39.3. The third-order valence-electron chi connectivity index (χ3n) is 6.23. The van der Waals surface area contributed by atoms with Crippen molar-refractivity contribution in [2.24, 2.45) is 0 Å². The molecule has 39 heavy (non-hydrogen) atoms. The number of hydrogen-bond acceptors (Lipinski definition) is 4. The highest BCUT2D eigenvalue weighted by Gasteiger charge is 2.38. The number of aromatic nitrogens is 2. The minimum atomic E-state index is -5.08. The van der Waals surface area contributed by atoms with Crippen LogP contribution in [0.1, 0.15) is 23.2 Å². The number of likely N-dealkylation sites (tertiary alicyclic amines) is 1. The van der Waals surface area contributed by atoms with Crippen LogP contribution >= 0.6 is 0 Å². The molecule has 1 aliphatic heterocycles. The van der Waals surface area contributed by atoms with Gasteiger partial charge in [-0.25, -0.2) is 9.78 Å². The molecule has 1 fully saturated rings. The maximum atomic E-state index is 13.1. The molecule has 1 N–H and O–H groups in total. The maximum Gasteiger partial charge on any atom is 0.490 e. The van der Waals surface area contributed by atoms with Crippen LogP contribution in [0.2, 0.25) is 0 Å². The second kappa shape index (κ2) is 11.4. The van der Waals surface area contributed by atoms with Crippen LogP contribution < -0.4 is 4.74 Å². The van der Waals surface area contributed by atoms with Gasteiger partial charge in [0.1, 0.15) is 5.75 Å². The van der Waals surface area contributed by atoms with E-state index in [-0.39, 0.29) is 5.91 Å². The molecule has 1 aliphatic rings. The molecule has 0 bridgehead atoms. The van der Waals surface area contributed by atoms with Crippen LogP contribution in [0, 0.1) is 6.92 Å². The first-order valence-electron chi connectivity index (χ1n) is 12.0. The first kappa shape index (κ1) is 27.4. The molecular formula is C29H26F3N3O4. The number of carboxylic acid groups (broad SMARTS) is 1. The van der Waals surface area contributed by atoms with Gasteiger partial charge in [0.15, 0.2) is 0 Å². The van der Waals surface area contributed by atoms with Crippen molar-refractivity contribution < 1.29 is 32.6 Å². The zero-order valence-corrected chi connectivity index (χ0v) is 21.3. The van der Waals surface area contributed by atoms with Crippen LogP contribution in [0.25, 0.3) is 22.5 Å². The van der Waals surface area contributed by atoms with Crippen molar-refractivity contribution in [3.05, 3.63) is 95.6 Å². The van der Waals surface area contributed by atoms with Crippen LogP contribution in [0.3, 0.4) is 0 Å². The van der Waals surface area contributed by atoms with E-state index in [1.54, 1.807) is 13.4 Å². The number of nitrogens with zero attached hydrogens (tertiary/aromatic N) is 3. The predicted molar refractivity (Wildman–Crippen MR) is 141 cm³/mol. The number of imidazole rings is 1. The monoisotopic (exact) mass is 537 g/mol. The molecule has 0 unspecified atom stereocenters. The number of aliphatic carboxylic acids is 1. The lowest BCUT2D eigenvalue weighted by molar-refractivity contribution is -0.192. The summed E-state index contributed by atoms with van der Waals surface area (Å²) in [5.74, 6) is -1.91. The smallest absolute Gasteiger partial charge is 0.490 e. The van der Waals surface area contributed by atoms with Crippen molar-refractivity contribution in [3.63, 3.8) is 0 Å². The predicted octanol–water partition coefficient (Wildman–Crippen LogP) is 5.79. The number of methoxy groups -OCH3 is 1. The van der Waals surface area contributed by atoms with Crippen LogP contribution in [0.4, 0.5) is 13.2 Å². The molecule has 1 aromatic heterocycles. The molecule has 0 saturated carbocycles. The van der Waals surface area contributed by atoms with E-state index >= 15 is 0 Å². The lowest BCUT2D eigenvalue weighted by Gasteiger charge is -2.17. The Balaban J connectivity index is 0.000000448. The van der Waals surface area contributed by atoms with Crippen LogP contribution in [-0.4, -0.2) is 51.3 Å². The average molecular weight is 538 g/mol. The van der Waals surface area contributed by atoms with E-state index in [9.17, 15) is 18.0 Å². The van der Waals surface area contributed by atoms with E-state index in [0.717, 1.165) is 41.2 Å². The summed E-state index contributed by atoms with van der Waals surface area (Å²) in [5.41, 5.74) is 4.84. The van der Waals surface area contributed by atoms with Gasteiger partial charge in [0.05, 0.1) is 24.8 Å². The van der Waals surface area contributed by atoms with Crippen LogP contribution in [0.5, 0.6) is 5.75 Å². The number of alkyl halides is 3. The third-order valence-corrected chi connectivity index (χ3v) is 6.23. The van der Waals surface area contributed by atoms with Gasteiger partial charge in [-0.1, -0.05) is 48.5 Å². The van der Waals surface area contributed by atoms with Gasteiger partial charge in [-0.3, -0.25) is 4.79 Å². The quantitative estimate of drug-likeness (QED) is 0.326. The Morgan fingerprint density at radius 3 is 2.51 bits per heavy atom. The number of carboxylic acids is 1. The van der Waals surface area contributed by atoms with Gasteiger partial charge < -0.3 is 19.3 Å².